The molecule has 0 amide bonds. The van der Waals surface area contributed by atoms with Crippen LogP contribution in [0.25, 0.3) is 14.5 Å². The zero-order valence-electron chi connectivity index (χ0n) is 18.8. The summed E-state index contributed by atoms with van der Waals surface area (Å²) in [6.07, 6.45) is 14.0. The smallest absolute Gasteiger partial charge is 0.311 e. The van der Waals surface area contributed by atoms with E-state index in [0.29, 0.717) is 0 Å². The third-order valence-corrected chi connectivity index (χ3v) is 2.34. The first-order valence-corrected chi connectivity index (χ1v) is 9.14. The molecule has 27 heavy (non-hydrogen) atoms. The number of nitrogens with zero attached hydrogens (tertiary/aromatic N) is 3. The summed E-state index contributed by atoms with van der Waals surface area (Å²) in [4.78, 5) is 9.81. The Bertz CT molecular complexity index is 436. The van der Waals surface area contributed by atoms with Crippen molar-refractivity contribution in [3.05, 3.63) is 58.6 Å². The van der Waals surface area contributed by atoms with E-state index in [2.05, 4.69) is 38.8 Å². The van der Waals surface area contributed by atoms with Gasteiger partial charge < -0.3 is 14.5 Å². The number of allylic oxidation sites excluding steroid dienone is 4. The molecule has 0 N–H and O–H groups in total. The molecule has 1 radical (unpaired) electrons. The van der Waals surface area contributed by atoms with Gasteiger partial charge in [-0.2, -0.15) is 0 Å². The maximum absolute atomic E-state index is 6.48. The van der Waals surface area contributed by atoms with Gasteiger partial charge in [0.25, 0.3) is 0 Å². The van der Waals surface area contributed by atoms with Crippen LogP contribution in [0.5, 0.6) is 0 Å². The number of hydrogen-bond donors (Lipinski definition) is 0. The monoisotopic (exact) mass is 459 g/mol. The molecule has 1 aliphatic carbocycles. The Morgan fingerprint density at radius 2 is 0.593 bits per heavy atom. The van der Waals surface area contributed by atoms with Gasteiger partial charge in [-0.05, 0) is 25.7 Å². The third kappa shape index (κ3) is 51.6. The van der Waals surface area contributed by atoms with E-state index < -0.39 is 0 Å². The van der Waals surface area contributed by atoms with Crippen molar-refractivity contribution in [1.29, 1.82) is 0 Å². The van der Waals surface area contributed by atoms with E-state index in [1.54, 1.807) is 0 Å². The third-order valence-electron chi connectivity index (χ3n) is 2.34. The fourth-order valence-corrected chi connectivity index (χ4v) is 0.856. The van der Waals surface area contributed by atoms with Crippen LogP contribution in [0, 0.1) is 19.7 Å². The molecule has 0 atom stereocenters. The van der Waals surface area contributed by atoms with E-state index in [1.807, 2.05) is 62.3 Å². The van der Waals surface area contributed by atoms with Crippen molar-refractivity contribution < 1.29 is 19.5 Å². The Balaban J connectivity index is -0.000000131. The standard InChI is InChI=1S/C8H12.3C5H9N.Ru/c1-2-4-6-8-7-5-3-1;3*1-5(2,3)6-4;/h1-2,7-8H,3-6H2;3*1-3H3;/q;;;;+3. The van der Waals surface area contributed by atoms with Crippen molar-refractivity contribution in [3.8, 4) is 0 Å². The molecular weight excluding hydrogens is 419 g/mol. The first-order chi connectivity index (χ1) is 11.7. The molecule has 0 unspecified atom stereocenters. The van der Waals surface area contributed by atoms with Crippen LogP contribution in [0.15, 0.2) is 24.3 Å². The van der Waals surface area contributed by atoms with Gasteiger partial charge in [0, 0.05) is 62.3 Å². The SMILES string of the molecule is C1=CCCC=CCC1.[C-]#[N+]C(C)(C)C.[C-]#[N+]C(C)(C)C.[C-]#[N+]C(C)(C)C.[Ru+3]. The molecule has 0 bridgehead atoms. The predicted molar refractivity (Wildman–Crippen MR) is 116 cm³/mol. The Morgan fingerprint density at radius 3 is 0.667 bits per heavy atom. The van der Waals surface area contributed by atoms with E-state index in [4.69, 9.17) is 19.7 Å². The predicted octanol–water partition coefficient (Wildman–Crippen LogP) is 7.78. The molecule has 3 nitrogen and oxygen atoms in total. The van der Waals surface area contributed by atoms with Gasteiger partial charge in [0.05, 0.1) is 0 Å². The largest absolute Gasteiger partial charge is 3.00 e. The minimum atomic E-state index is -0.167. The van der Waals surface area contributed by atoms with Gasteiger partial charge in [0.15, 0.2) is 0 Å². The van der Waals surface area contributed by atoms with Crippen molar-refractivity contribution in [1.82, 2.24) is 0 Å². The average Bonchev–Trinajstić information content (AvgIpc) is 2.46. The molecule has 0 aliphatic heterocycles. The second kappa shape index (κ2) is 18.0. The maximum Gasteiger partial charge on any atom is 3.00 e. The summed E-state index contributed by atoms with van der Waals surface area (Å²) in [5, 5.41) is 0. The molecule has 1 aliphatic rings. The summed E-state index contributed by atoms with van der Waals surface area (Å²) >= 11 is 0. The van der Waals surface area contributed by atoms with Crippen LogP contribution in [-0.2, 0) is 19.5 Å². The molecule has 0 fully saturated rings. The van der Waals surface area contributed by atoms with Crippen molar-refractivity contribution in [2.45, 2.75) is 105 Å². The van der Waals surface area contributed by atoms with Crippen LogP contribution >= 0.6 is 0 Å². The van der Waals surface area contributed by atoms with Crippen molar-refractivity contribution >= 4 is 0 Å². The van der Waals surface area contributed by atoms with Gasteiger partial charge in [0.2, 0.25) is 16.6 Å². The minimum Gasteiger partial charge on any atom is -0.311 e. The van der Waals surface area contributed by atoms with Crippen LogP contribution in [-0.4, -0.2) is 16.6 Å². The van der Waals surface area contributed by atoms with Crippen LogP contribution < -0.4 is 0 Å². The second-order valence-corrected chi connectivity index (χ2v) is 8.95. The van der Waals surface area contributed by atoms with Crippen LogP contribution in [0.2, 0.25) is 0 Å². The van der Waals surface area contributed by atoms with E-state index in [0.717, 1.165) is 0 Å². The molecule has 1 rings (SSSR count). The minimum absolute atomic E-state index is 0. The molecule has 151 valence electrons. The van der Waals surface area contributed by atoms with Crippen molar-refractivity contribution in [2.75, 3.05) is 0 Å². The zero-order chi connectivity index (χ0) is 21.3. The number of hydrogen-bond acceptors (Lipinski definition) is 0. The van der Waals surface area contributed by atoms with Gasteiger partial charge in [-0.3, -0.25) is 0 Å². The van der Waals surface area contributed by atoms with Crippen LogP contribution in [0.4, 0.5) is 0 Å². The molecule has 0 aromatic carbocycles. The summed E-state index contributed by atoms with van der Waals surface area (Å²) in [5.41, 5.74) is -0.500. The molecule has 0 spiro atoms. The topological polar surface area (TPSA) is 13.1 Å². The van der Waals surface area contributed by atoms with Gasteiger partial charge >= 0.3 is 19.5 Å². The quantitative estimate of drug-likeness (QED) is 0.200. The second-order valence-electron chi connectivity index (χ2n) is 8.95. The van der Waals surface area contributed by atoms with Gasteiger partial charge in [-0.1, -0.05) is 24.3 Å². The van der Waals surface area contributed by atoms with Gasteiger partial charge in [-0.25, -0.2) is 19.7 Å². The average molecular weight is 459 g/mol. The normalized spacial score (nSPS) is 12.8. The fraction of sp³-hybridized carbons (Fsp3) is 0.696. The summed E-state index contributed by atoms with van der Waals surface area (Å²) in [5.74, 6) is 0. The van der Waals surface area contributed by atoms with Gasteiger partial charge in [-0.15, -0.1) is 0 Å². The number of rotatable bonds is 0. The molecule has 0 heterocycles. The Morgan fingerprint density at radius 1 is 0.481 bits per heavy atom. The van der Waals surface area contributed by atoms with Crippen LogP contribution in [0.1, 0.15) is 88.0 Å². The molecule has 4 heteroatoms. The Labute approximate surface area is 182 Å². The van der Waals surface area contributed by atoms with E-state index in [1.165, 1.54) is 25.7 Å². The molecule has 0 aromatic heterocycles. The first-order valence-electron chi connectivity index (χ1n) is 9.14. The van der Waals surface area contributed by atoms with E-state index in [-0.39, 0.29) is 36.1 Å². The van der Waals surface area contributed by atoms with Gasteiger partial charge in [0.1, 0.15) is 0 Å². The van der Waals surface area contributed by atoms with Crippen LogP contribution in [0.3, 0.4) is 0 Å². The summed E-state index contributed by atoms with van der Waals surface area (Å²) in [6.45, 7) is 36.4. The summed E-state index contributed by atoms with van der Waals surface area (Å²) in [7, 11) is 0. The summed E-state index contributed by atoms with van der Waals surface area (Å²) in [6, 6.07) is 0. The summed E-state index contributed by atoms with van der Waals surface area (Å²) < 4.78 is 0. The maximum atomic E-state index is 6.48. The molecular formula is C23H39N3Ru+3. The van der Waals surface area contributed by atoms with E-state index >= 15 is 0 Å². The Hall–Kier alpha value is -1.43. The fourth-order valence-electron chi connectivity index (χ4n) is 0.856. The molecule has 0 saturated heterocycles. The van der Waals surface area contributed by atoms with Crippen molar-refractivity contribution in [2.24, 2.45) is 0 Å². The zero-order valence-corrected chi connectivity index (χ0v) is 20.6. The van der Waals surface area contributed by atoms with Crippen molar-refractivity contribution in [3.63, 3.8) is 0 Å². The Kier molecular flexibility index (Phi) is 22.1. The molecule has 0 saturated carbocycles. The van der Waals surface area contributed by atoms with E-state index in [9.17, 15) is 0 Å². The first kappa shape index (κ1) is 33.2. The molecule has 0 aromatic rings.